The number of hydrogen-bond donors (Lipinski definition) is 2. The van der Waals surface area contributed by atoms with Crippen LogP contribution in [-0.4, -0.2) is 9.97 Å². The van der Waals surface area contributed by atoms with Gasteiger partial charge in [-0.25, -0.2) is 24.3 Å². The fourth-order valence-electron chi connectivity index (χ4n) is 0.703. The predicted octanol–water partition coefficient (Wildman–Crippen LogP) is 8.87. The van der Waals surface area contributed by atoms with Gasteiger partial charge in [-0.2, -0.15) is 75.5 Å². The third-order valence-corrected chi connectivity index (χ3v) is 1.49. The van der Waals surface area contributed by atoms with E-state index in [1.54, 1.807) is 26.0 Å². The second kappa shape index (κ2) is 87.6. The zero-order chi connectivity index (χ0) is 24.7. The summed E-state index contributed by atoms with van der Waals surface area (Å²) in [5.41, 5.74) is 0. The molecule has 0 radical (unpaired) electrons. The summed E-state index contributed by atoms with van der Waals surface area (Å²) in [5, 5.41) is 0. The minimum absolute atomic E-state index is 0. The average Bonchev–Trinajstić information content (AvgIpc) is 3.53. The number of rotatable bonds is 2. The predicted molar refractivity (Wildman–Crippen MR) is 140 cm³/mol. The van der Waals surface area contributed by atoms with E-state index in [-0.39, 0.29) is 39.0 Å². The largest absolute Gasteiger partial charge is 4.00 e. The minimum Gasteiger partial charge on any atom is -0.484 e. The van der Waals surface area contributed by atoms with E-state index in [9.17, 15) is 0 Å². The van der Waals surface area contributed by atoms with E-state index >= 15 is 0 Å². The van der Waals surface area contributed by atoms with Gasteiger partial charge in [-0.1, -0.05) is 27.7 Å². The third-order valence-electron chi connectivity index (χ3n) is 1.49. The monoisotopic (exact) mass is 614 g/mol. The van der Waals surface area contributed by atoms with E-state index in [1.165, 1.54) is 12.2 Å². The summed E-state index contributed by atoms with van der Waals surface area (Å²) >= 11 is 0. The van der Waals surface area contributed by atoms with Crippen molar-refractivity contribution < 1.29 is 39.0 Å². The zero-order valence-corrected chi connectivity index (χ0v) is 24.5. The second-order valence-corrected chi connectivity index (χ2v) is 4.07. The number of aromatic nitrogens is 2. The molecule has 2 aromatic rings. The van der Waals surface area contributed by atoms with Crippen LogP contribution in [0, 0.1) is 53.2 Å². The van der Waals surface area contributed by atoms with Gasteiger partial charge in [0.1, 0.15) is 0 Å². The van der Waals surface area contributed by atoms with E-state index in [0.717, 1.165) is 12.8 Å². The van der Waals surface area contributed by atoms with Crippen molar-refractivity contribution in [3.63, 3.8) is 0 Å². The number of hydrogen-bond acceptors (Lipinski definition) is 0. The maximum absolute atomic E-state index is 4.93. The standard InChI is InChI=1S/2C5H7.2C4H4N.2C3H7.2C2H5.2Ru/c2*1-3-5-4-2;2*1-2-4-5-3-1;2*1-3-2;2*1-2;;/h2*1,3-5H,2H3;2*1-3,5H;2*1,3H2,2H3;2*1H2,2H3;;/q8*-1;2*+4. The summed E-state index contributed by atoms with van der Waals surface area (Å²) in [6.45, 7) is 34.7. The van der Waals surface area contributed by atoms with Crippen molar-refractivity contribution in [3.8, 4) is 0 Å². The quantitative estimate of drug-likeness (QED) is 0.193. The van der Waals surface area contributed by atoms with Crippen molar-refractivity contribution in [1.29, 1.82) is 0 Å². The topological polar surface area (TPSA) is 31.6 Å². The molecule has 4 heteroatoms. The summed E-state index contributed by atoms with van der Waals surface area (Å²) in [7, 11) is 0. The first-order chi connectivity index (χ1) is 14.7. The van der Waals surface area contributed by atoms with E-state index in [2.05, 4.69) is 50.1 Å². The van der Waals surface area contributed by atoms with E-state index < -0.39 is 0 Å². The van der Waals surface area contributed by atoms with E-state index in [0.29, 0.717) is 0 Å². The molecule has 0 amide bonds. The first-order valence-corrected chi connectivity index (χ1v) is 9.97. The van der Waals surface area contributed by atoms with Gasteiger partial charge in [0.05, 0.1) is 0 Å². The van der Waals surface area contributed by atoms with Crippen molar-refractivity contribution in [2.24, 2.45) is 0 Å². The van der Waals surface area contributed by atoms with Crippen LogP contribution in [0.15, 0.2) is 73.1 Å². The van der Waals surface area contributed by atoms with Gasteiger partial charge < -0.3 is 37.7 Å². The molecule has 2 rings (SSSR count). The van der Waals surface area contributed by atoms with Crippen LogP contribution in [0.1, 0.15) is 54.4 Å². The molecule has 0 fully saturated rings. The number of allylic oxidation sites excluding steroid dienone is 6. The van der Waals surface area contributed by atoms with E-state index in [1.807, 2.05) is 76.5 Å². The Hall–Kier alpha value is -1.23. The van der Waals surface area contributed by atoms with E-state index in [4.69, 9.17) is 13.2 Å². The van der Waals surface area contributed by atoms with Crippen molar-refractivity contribution >= 4 is 0 Å². The Bertz CT molecular complexity index is 367. The second-order valence-electron chi connectivity index (χ2n) is 4.07. The van der Waals surface area contributed by atoms with Crippen LogP contribution in [0.5, 0.6) is 0 Å². The van der Waals surface area contributed by atoms with Crippen LogP contribution in [0.2, 0.25) is 0 Å². The van der Waals surface area contributed by atoms with Gasteiger partial charge in [-0.15, -0.1) is 12.4 Å². The van der Waals surface area contributed by atoms with Gasteiger partial charge >= 0.3 is 39.0 Å². The van der Waals surface area contributed by atoms with Gasteiger partial charge in [0.15, 0.2) is 0 Å². The van der Waals surface area contributed by atoms with Crippen LogP contribution in [0.25, 0.3) is 0 Å². The summed E-state index contributed by atoms with van der Waals surface area (Å²) in [5.74, 6) is 0. The Balaban J connectivity index is -0.0000000349. The molecule has 0 atom stereocenters. The molecule has 0 saturated heterocycles. The Morgan fingerprint density at radius 1 is 0.719 bits per heavy atom. The first-order valence-electron chi connectivity index (χ1n) is 9.97. The molecule has 0 aliphatic carbocycles. The SMILES string of the molecule is [CH-]=CC=CC.[CH-]=CC=CC.[CH2-]C.[CH2-]C.[CH2-]CC.[CH2-]CC.[Ru+4].[Ru+4].[c-]1ccc[nH]1.[c-]1ccc[nH]1. The third kappa shape index (κ3) is 136. The summed E-state index contributed by atoms with van der Waals surface area (Å²) in [4.78, 5) is 5.47. The Morgan fingerprint density at radius 2 is 0.969 bits per heavy atom. The van der Waals surface area contributed by atoms with Gasteiger partial charge in [-0.3, -0.25) is 13.2 Å². The average molecular weight is 613 g/mol. The Morgan fingerprint density at radius 3 is 1.00 bits per heavy atom. The zero-order valence-electron chi connectivity index (χ0n) is 21.0. The van der Waals surface area contributed by atoms with Crippen LogP contribution in [-0.2, 0) is 39.0 Å². The smallest absolute Gasteiger partial charge is 0.484 e. The normalized spacial score (nSPS) is 6.81. The summed E-state index contributed by atoms with van der Waals surface area (Å²) in [6, 6.07) is 7.42. The number of H-pyrrole nitrogens is 2. The number of aromatic amines is 2. The Labute approximate surface area is 228 Å². The van der Waals surface area contributed by atoms with Crippen LogP contribution in [0.3, 0.4) is 0 Å². The molecule has 0 unspecified atom stereocenters. The molecule has 0 aliphatic rings. The molecule has 32 heavy (non-hydrogen) atoms. The molecule has 184 valence electrons. The Kier molecular flexibility index (Phi) is 144. The molecule has 0 saturated carbocycles. The molecule has 0 aromatic carbocycles. The molecule has 0 aliphatic heterocycles. The van der Waals surface area contributed by atoms with Gasteiger partial charge in [0.25, 0.3) is 0 Å². The minimum atomic E-state index is 0. The molecule has 2 heterocycles. The van der Waals surface area contributed by atoms with Gasteiger partial charge in [-0.05, 0) is 0 Å². The van der Waals surface area contributed by atoms with Crippen LogP contribution >= 0.6 is 0 Å². The van der Waals surface area contributed by atoms with Crippen molar-refractivity contribution in [3.05, 3.63) is 126 Å². The summed E-state index contributed by atoms with van der Waals surface area (Å²) < 4.78 is 0. The molecule has 2 N–H and O–H groups in total. The van der Waals surface area contributed by atoms with Crippen LogP contribution < -0.4 is 0 Å². The molecular weight excluding hydrogens is 566 g/mol. The van der Waals surface area contributed by atoms with Crippen LogP contribution in [0.4, 0.5) is 0 Å². The maximum Gasteiger partial charge on any atom is 4.00 e. The molecular formula is C28H46N2Ru2. The molecule has 2 nitrogen and oxygen atoms in total. The summed E-state index contributed by atoms with van der Waals surface area (Å²) in [6.07, 6.45) is 21.4. The fourth-order valence-corrected chi connectivity index (χ4v) is 0.703. The molecule has 0 spiro atoms. The molecule has 2 aromatic heterocycles. The van der Waals surface area contributed by atoms with Crippen molar-refractivity contribution in [1.82, 2.24) is 9.97 Å². The van der Waals surface area contributed by atoms with Gasteiger partial charge in [0, 0.05) is 0 Å². The maximum atomic E-state index is 4.93. The molecule has 0 bridgehead atoms. The number of nitrogens with one attached hydrogen (secondary N) is 2. The van der Waals surface area contributed by atoms with Gasteiger partial charge in [0.2, 0.25) is 0 Å². The van der Waals surface area contributed by atoms with Crippen molar-refractivity contribution in [2.45, 2.75) is 54.4 Å². The van der Waals surface area contributed by atoms with Crippen molar-refractivity contribution in [2.75, 3.05) is 0 Å². The fraction of sp³-hybridized carbons (Fsp3) is 0.286. The first kappa shape index (κ1) is 52.6.